The first-order chi connectivity index (χ1) is 11.9. The van der Waals surface area contributed by atoms with Crippen molar-refractivity contribution >= 4 is 5.91 Å². The summed E-state index contributed by atoms with van der Waals surface area (Å²) < 4.78 is 10.5. The van der Waals surface area contributed by atoms with Gasteiger partial charge in [0.05, 0.1) is 13.2 Å². The molecule has 1 amide bonds. The first kappa shape index (κ1) is 18.6. The zero-order valence-electron chi connectivity index (χ0n) is 15.0. The Morgan fingerprint density at radius 2 is 1.92 bits per heavy atom. The van der Waals surface area contributed by atoms with Crippen molar-refractivity contribution < 1.29 is 14.3 Å². The van der Waals surface area contributed by atoms with Gasteiger partial charge < -0.3 is 19.8 Å². The van der Waals surface area contributed by atoms with Crippen LogP contribution in [-0.4, -0.2) is 24.6 Å². The number of carbonyl (C=O) groups excluding carboxylic acids is 1. The molecule has 1 heterocycles. The number of hydrogen-bond donors (Lipinski definition) is 2. The molecular formula is C19H24N2O4. The molecule has 1 aromatic heterocycles. The Bertz CT molecular complexity index is 766. The molecule has 0 aliphatic rings. The van der Waals surface area contributed by atoms with Crippen molar-refractivity contribution in [2.75, 3.05) is 13.7 Å². The Morgan fingerprint density at radius 3 is 2.48 bits per heavy atom. The molecule has 134 valence electrons. The zero-order valence-corrected chi connectivity index (χ0v) is 15.0. The van der Waals surface area contributed by atoms with Gasteiger partial charge in [-0.1, -0.05) is 26.0 Å². The molecule has 0 bridgehead atoms. The zero-order chi connectivity index (χ0) is 18.4. The van der Waals surface area contributed by atoms with Gasteiger partial charge in [0.2, 0.25) is 5.43 Å². The number of methoxy groups -OCH3 is 1. The van der Waals surface area contributed by atoms with E-state index in [2.05, 4.69) is 10.3 Å². The van der Waals surface area contributed by atoms with E-state index in [0.29, 0.717) is 0 Å². The van der Waals surface area contributed by atoms with E-state index < -0.39 is 0 Å². The van der Waals surface area contributed by atoms with Gasteiger partial charge in [0.25, 0.3) is 5.91 Å². The minimum Gasteiger partial charge on any atom is -0.497 e. The molecule has 6 nitrogen and oxygen atoms in total. The highest BCUT2D eigenvalue weighted by Gasteiger charge is 2.19. The van der Waals surface area contributed by atoms with Crippen LogP contribution in [0.4, 0.5) is 0 Å². The van der Waals surface area contributed by atoms with Crippen molar-refractivity contribution in [3.63, 3.8) is 0 Å². The number of hydrogen-bond acceptors (Lipinski definition) is 4. The average Bonchev–Trinajstić information content (AvgIpc) is 2.59. The number of aromatic nitrogens is 1. The summed E-state index contributed by atoms with van der Waals surface area (Å²) in [6.07, 6.45) is 1.47. The lowest BCUT2D eigenvalue weighted by Crippen LogP contribution is -2.35. The van der Waals surface area contributed by atoms with Crippen LogP contribution >= 0.6 is 0 Å². The molecule has 0 saturated heterocycles. The second-order valence-electron chi connectivity index (χ2n) is 6.20. The summed E-state index contributed by atoms with van der Waals surface area (Å²) in [6, 6.07) is 8.85. The number of pyridine rings is 1. The van der Waals surface area contributed by atoms with Gasteiger partial charge in [-0.15, -0.1) is 0 Å². The fraction of sp³-hybridized carbons (Fsp3) is 0.368. The monoisotopic (exact) mass is 344 g/mol. The van der Waals surface area contributed by atoms with Crippen LogP contribution in [0, 0.1) is 12.8 Å². The van der Waals surface area contributed by atoms with E-state index >= 15 is 0 Å². The van der Waals surface area contributed by atoms with Crippen LogP contribution in [0.2, 0.25) is 0 Å². The summed E-state index contributed by atoms with van der Waals surface area (Å²) in [6.45, 7) is 5.62. The maximum atomic E-state index is 12.2. The minimum absolute atomic E-state index is 0.131. The van der Waals surface area contributed by atoms with Crippen LogP contribution in [-0.2, 0) is 4.79 Å². The molecule has 25 heavy (non-hydrogen) atoms. The summed E-state index contributed by atoms with van der Waals surface area (Å²) in [5.41, 5.74) is 1.47. The van der Waals surface area contributed by atoms with Crippen molar-refractivity contribution in [1.82, 2.24) is 10.3 Å². The Hall–Kier alpha value is -2.76. The number of rotatable bonds is 7. The number of benzene rings is 1. The van der Waals surface area contributed by atoms with E-state index in [1.165, 1.54) is 12.3 Å². The Balaban J connectivity index is 2.01. The average molecular weight is 344 g/mol. The van der Waals surface area contributed by atoms with Crippen molar-refractivity contribution in [1.29, 1.82) is 0 Å². The van der Waals surface area contributed by atoms with Gasteiger partial charge in [0.1, 0.15) is 5.75 Å². The lowest BCUT2D eigenvalue weighted by Gasteiger charge is -2.23. The maximum absolute atomic E-state index is 12.2. The quantitative estimate of drug-likeness (QED) is 0.809. The van der Waals surface area contributed by atoms with Crippen LogP contribution in [0.15, 0.2) is 41.3 Å². The van der Waals surface area contributed by atoms with E-state index in [4.69, 9.17) is 9.47 Å². The summed E-state index contributed by atoms with van der Waals surface area (Å²) >= 11 is 0. The molecule has 2 N–H and O–H groups in total. The standard InChI is InChI=1S/C19H24N2O4/c1-12(2)19(14-5-7-15(24-4)8-6-14)21-18(23)11-25-17-10-20-13(3)9-16(17)22/h5-10,12,19H,11H2,1-4H3,(H,20,22)(H,21,23)/t19-/m0/s1. The smallest absolute Gasteiger partial charge is 0.258 e. The van der Waals surface area contributed by atoms with Gasteiger partial charge in [-0.05, 0) is 30.5 Å². The molecule has 1 atom stereocenters. The fourth-order valence-electron chi connectivity index (χ4n) is 2.48. The minimum atomic E-state index is -0.283. The van der Waals surface area contributed by atoms with Gasteiger partial charge >= 0.3 is 0 Å². The van der Waals surface area contributed by atoms with E-state index in [1.54, 1.807) is 14.0 Å². The topological polar surface area (TPSA) is 80.4 Å². The SMILES string of the molecule is COc1ccc([C@@H](NC(=O)COc2c[nH]c(C)cc2=O)C(C)C)cc1. The predicted octanol–water partition coefficient (Wildman–Crippen LogP) is 2.58. The van der Waals surface area contributed by atoms with Crippen molar-refractivity contribution in [2.45, 2.75) is 26.8 Å². The summed E-state index contributed by atoms with van der Waals surface area (Å²) in [7, 11) is 1.61. The van der Waals surface area contributed by atoms with Gasteiger partial charge in [-0.3, -0.25) is 9.59 Å². The third kappa shape index (κ3) is 5.11. The number of aryl methyl sites for hydroxylation is 1. The number of ether oxygens (including phenoxy) is 2. The highest BCUT2D eigenvalue weighted by atomic mass is 16.5. The molecule has 1 aromatic carbocycles. The largest absolute Gasteiger partial charge is 0.497 e. The third-order valence-electron chi connectivity index (χ3n) is 3.84. The maximum Gasteiger partial charge on any atom is 0.258 e. The molecule has 0 aliphatic heterocycles. The first-order valence-electron chi connectivity index (χ1n) is 8.16. The van der Waals surface area contributed by atoms with Gasteiger partial charge in [0, 0.05) is 18.0 Å². The lowest BCUT2D eigenvalue weighted by atomic mass is 9.96. The van der Waals surface area contributed by atoms with E-state index in [-0.39, 0.29) is 35.7 Å². The number of nitrogens with one attached hydrogen (secondary N) is 2. The molecular weight excluding hydrogens is 320 g/mol. The highest BCUT2D eigenvalue weighted by molar-refractivity contribution is 5.78. The van der Waals surface area contributed by atoms with E-state index in [9.17, 15) is 9.59 Å². The predicted molar refractivity (Wildman–Crippen MR) is 96.0 cm³/mol. The van der Waals surface area contributed by atoms with Gasteiger partial charge in [-0.25, -0.2) is 0 Å². The summed E-state index contributed by atoms with van der Waals surface area (Å²) in [5.74, 6) is 0.806. The Kier molecular flexibility index (Phi) is 6.22. The molecule has 0 saturated carbocycles. The fourth-order valence-corrected chi connectivity index (χ4v) is 2.48. The van der Waals surface area contributed by atoms with E-state index in [1.807, 2.05) is 38.1 Å². The van der Waals surface area contributed by atoms with Crippen LogP contribution in [0.25, 0.3) is 0 Å². The summed E-state index contributed by atoms with van der Waals surface area (Å²) in [5, 5.41) is 2.95. The molecule has 0 aliphatic carbocycles. The van der Waals surface area contributed by atoms with Crippen molar-refractivity contribution in [3.05, 3.63) is 58.0 Å². The molecule has 0 spiro atoms. The van der Waals surface area contributed by atoms with Crippen molar-refractivity contribution in [2.24, 2.45) is 5.92 Å². The number of carbonyl (C=O) groups is 1. The third-order valence-corrected chi connectivity index (χ3v) is 3.84. The molecule has 0 radical (unpaired) electrons. The second-order valence-corrected chi connectivity index (χ2v) is 6.20. The Morgan fingerprint density at radius 1 is 1.24 bits per heavy atom. The Labute approximate surface area is 147 Å². The van der Waals surface area contributed by atoms with Crippen LogP contribution in [0.3, 0.4) is 0 Å². The van der Waals surface area contributed by atoms with Crippen LogP contribution in [0.1, 0.15) is 31.1 Å². The molecule has 2 rings (SSSR count). The van der Waals surface area contributed by atoms with Crippen LogP contribution < -0.4 is 20.2 Å². The first-order valence-corrected chi connectivity index (χ1v) is 8.16. The molecule has 0 fully saturated rings. The van der Waals surface area contributed by atoms with Crippen molar-refractivity contribution in [3.8, 4) is 11.5 Å². The lowest BCUT2D eigenvalue weighted by molar-refractivity contribution is -0.124. The number of H-pyrrole nitrogens is 1. The van der Waals surface area contributed by atoms with E-state index in [0.717, 1.165) is 17.0 Å². The summed E-state index contributed by atoms with van der Waals surface area (Å²) in [4.78, 5) is 26.9. The van der Waals surface area contributed by atoms with Gasteiger partial charge in [-0.2, -0.15) is 0 Å². The highest BCUT2D eigenvalue weighted by Crippen LogP contribution is 2.23. The molecule has 6 heteroatoms. The normalized spacial score (nSPS) is 11.9. The number of amides is 1. The molecule has 2 aromatic rings. The van der Waals surface area contributed by atoms with Gasteiger partial charge in [0.15, 0.2) is 12.4 Å². The second kappa shape index (κ2) is 8.37. The molecule has 0 unspecified atom stereocenters. The number of aromatic amines is 1. The van der Waals surface area contributed by atoms with Crippen LogP contribution in [0.5, 0.6) is 11.5 Å².